The van der Waals surface area contributed by atoms with E-state index in [-0.39, 0.29) is 23.5 Å². The third kappa shape index (κ3) is 3.73. The predicted octanol–water partition coefficient (Wildman–Crippen LogP) is 1.37. The first kappa shape index (κ1) is 15.6. The molecule has 1 aromatic heterocycles. The van der Waals surface area contributed by atoms with Gasteiger partial charge in [-0.2, -0.15) is 10.2 Å². The number of carbonyl (C=O) groups excluding carboxylic acids is 1. The predicted molar refractivity (Wildman–Crippen MR) is 86.7 cm³/mol. The summed E-state index contributed by atoms with van der Waals surface area (Å²) >= 11 is 0. The van der Waals surface area contributed by atoms with Crippen LogP contribution >= 0.6 is 0 Å². The summed E-state index contributed by atoms with van der Waals surface area (Å²) in [6.07, 6.45) is 0.477. The van der Waals surface area contributed by atoms with E-state index in [1.807, 2.05) is 19.1 Å². The SMILES string of the molecule is Cc1ccc(-c2ccc(C(=O)NC3CCS(=O)(=O)C3)cc2)nn1. The molecule has 1 aromatic carbocycles. The average Bonchev–Trinajstić information content (AvgIpc) is 2.87. The fourth-order valence-corrected chi connectivity index (χ4v) is 4.20. The van der Waals surface area contributed by atoms with Gasteiger partial charge in [0.1, 0.15) is 0 Å². The summed E-state index contributed by atoms with van der Waals surface area (Å²) in [5.41, 5.74) is 2.95. The molecule has 0 spiro atoms. The Balaban J connectivity index is 1.69. The van der Waals surface area contributed by atoms with Crippen molar-refractivity contribution < 1.29 is 13.2 Å². The molecular weight excluding hydrogens is 314 g/mol. The number of carbonyl (C=O) groups is 1. The molecule has 0 saturated carbocycles. The van der Waals surface area contributed by atoms with Crippen molar-refractivity contribution in [2.24, 2.45) is 0 Å². The van der Waals surface area contributed by atoms with Gasteiger partial charge in [-0.1, -0.05) is 12.1 Å². The maximum Gasteiger partial charge on any atom is 0.251 e. The van der Waals surface area contributed by atoms with E-state index in [1.54, 1.807) is 24.3 Å². The Morgan fingerprint density at radius 3 is 2.43 bits per heavy atom. The van der Waals surface area contributed by atoms with Crippen LogP contribution in [0.1, 0.15) is 22.5 Å². The third-order valence-electron chi connectivity index (χ3n) is 3.81. The van der Waals surface area contributed by atoms with Crippen LogP contribution in [-0.2, 0) is 9.84 Å². The van der Waals surface area contributed by atoms with Gasteiger partial charge in [-0.25, -0.2) is 8.42 Å². The Hall–Kier alpha value is -2.28. The van der Waals surface area contributed by atoms with E-state index in [9.17, 15) is 13.2 Å². The molecule has 1 N–H and O–H groups in total. The van der Waals surface area contributed by atoms with E-state index in [4.69, 9.17) is 0 Å². The molecule has 0 aliphatic carbocycles. The molecule has 1 unspecified atom stereocenters. The monoisotopic (exact) mass is 331 g/mol. The van der Waals surface area contributed by atoms with Crippen molar-refractivity contribution >= 4 is 15.7 Å². The number of nitrogens with zero attached hydrogens (tertiary/aromatic N) is 2. The zero-order valence-electron chi connectivity index (χ0n) is 12.7. The van der Waals surface area contributed by atoms with Gasteiger partial charge < -0.3 is 5.32 Å². The number of nitrogens with one attached hydrogen (secondary N) is 1. The van der Waals surface area contributed by atoms with E-state index < -0.39 is 9.84 Å². The number of rotatable bonds is 3. The number of aromatic nitrogens is 2. The molecule has 23 heavy (non-hydrogen) atoms. The van der Waals surface area contributed by atoms with E-state index >= 15 is 0 Å². The molecule has 0 bridgehead atoms. The minimum Gasteiger partial charge on any atom is -0.348 e. The summed E-state index contributed by atoms with van der Waals surface area (Å²) in [6.45, 7) is 1.87. The van der Waals surface area contributed by atoms with Gasteiger partial charge in [-0.05, 0) is 37.6 Å². The molecule has 3 rings (SSSR count). The van der Waals surface area contributed by atoms with Crippen molar-refractivity contribution in [2.45, 2.75) is 19.4 Å². The minimum atomic E-state index is -3.00. The zero-order chi connectivity index (χ0) is 16.4. The number of amides is 1. The molecule has 1 atom stereocenters. The molecule has 1 amide bonds. The largest absolute Gasteiger partial charge is 0.348 e. The van der Waals surface area contributed by atoms with Crippen LogP contribution in [0.25, 0.3) is 11.3 Å². The second kappa shape index (κ2) is 6.08. The summed E-state index contributed by atoms with van der Waals surface area (Å²) in [5.74, 6) is -0.0905. The maximum absolute atomic E-state index is 12.2. The van der Waals surface area contributed by atoms with Crippen LogP contribution in [0.3, 0.4) is 0 Å². The lowest BCUT2D eigenvalue weighted by Crippen LogP contribution is -2.35. The second-order valence-corrected chi connectivity index (χ2v) is 7.94. The second-order valence-electron chi connectivity index (χ2n) is 5.71. The van der Waals surface area contributed by atoms with Crippen molar-refractivity contribution in [1.29, 1.82) is 0 Å². The highest BCUT2D eigenvalue weighted by atomic mass is 32.2. The average molecular weight is 331 g/mol. The van der Waals surface area contributed by atoms with Gasteiger partial charge in [0.2, 0.25) is 0 Å². The van der Waals surface area contributed by atoms with Crippen molar-refractivity contribution in [3.63, 3.8) is 0 Å². The molecule has 1 aliphatic rings. The molecule has 2 aromatic rings. The standard InChI is InChI=1S/C16H17N3O3S/c1-11-2-7-15(19-18-11)12-3-5-13(6-4-12)16(20)17-14-8-9-23(21,22)10-14/h2-7,14H,8-10H2,1H3,(H,17,20). The number of hydrogen-bond acceptors (Lipinski definition) is 5. The Kier molecular flexibility index (Phi) is 4.12. The Labute approximate surface area is 134 Å². The number of aryl methyl sites for hydroxylation is 1. The quantitative estimate of drug-likeness (QED) is 0.917. The summed E-state index contributed by atoms with van der Waals surface area (Å²) in [5, 5.41) is 10.9. The Morgan fingerprint density at radius 1 is 1.13 bits per heavy atom. The van der Waals surface area contributed by atoms with E-state index in [2.05, 4.69) is 15.5 Å². The van der Waals surface area contributed by atoms with Crippen molar-refractivity contribution in [1.82, 2.24) is 15.5 Å². The Morgan fingerprint density at radius 2 is 1.87 bits per heavy atom. The smallest absolute Gasteiger partial charge is 0.251 e. The topological polar surface area (TPSA) is 89.0 Å². The fraction of sp³-hybridized carbons (Fsp3) is 0.312. The van der Waals surface area contributed by atoms with Gasteiger partial charge in [0, 0.05) is 17.2 Å². The Bertz CT molecular complexity index is 815. The highest BCUT2D eigenvalue weighted by Crippen LogP contribution is 2.17. The lowest BCUT2D eigenvalue weighted by atomic mass is 10.1. The van der Waals surface area contributed by atoms with Gasteiger partial charge in [0.05, 0.1) is 22.9 Å². The molecule has 1 saturated heterocycles. The first-order valence-electron chi connectivity index (χ1n) is 7.35. The molecule has 1 fully saturated rings. The molecular formula is C16H17N3O3S. The highest BCUT2D eigenvalue weighted by Gasteiger charge is 2.29. The lowest BCUT2D eigenvalue weighted by Gasteiger charge is -2.11. The van der Waals surface area contributed by atoms with E-state index in [0.29, 0.717) is 12.0 Å². The normalized spacial score (nSPS) is 19.4. The first-order chi connectivity index (χ1) is 10.9. The van der Waals surface area contributed by atoms with Crippen molar-refractivity contribution in [2.75, 3.05) is 11.5 Å². The van der Waals surface area contributed by atoms with Crippen LogP contribution in [0.15, 0.2) is 36.4 Å². The lowest BCUT2D eigenvalue weighted by molar-refractivity contribution is 0.0941. The summed E-state index contributed by atoms with van der Waals surface area (Å²) in [6, 6.07) is 10.5. The number of sulfone groups is 1. The van der Waals surface area contributed by atoms with E-state index in [1.165, 1.54) is 0 Å². The number of benzene rings is 1. The molecule has 1 aliphatic heterocycles. The van der Waals surface area contributed by atoms with Crippen molar-refractivity contribution in [3.8, 4) is 11.3 Å². The summed E-state index contributed by atoms with van der Waals surface area (Å²) < 4.78 is 22.8. The first-order valence-corrected chi connectivity index (χ1v) is 9.17. The zero-order valence-corrected chi connectivity index (χ0v) is 13.5. The maximum atomic E-state index is 12.2. The number of hydrogen-bond donors (Lipinski definition) is 1. The van der Waals surface area contributed by atoms with E-state index in [0.717, 1.165) is 17.0 Å². The minimum absolute atomic E-state index is 0.0236. The summed E-state index contributed by atoms with van der Waals surface area (Å²) in [7, 11) is -3.00. The molecule has 120 valence electrons. The molecule has 0 radical (unpaired) electrons. The van der Waals surface area contributed by atoms with Crippen molar-refractivity contribution in [3.05, 3.63) is 47.7 Å². The van der Waals surface area contributed by atoms with Crippen LogP contribution in [0, 0.1) is 6.92 Å². The van der Waals surface area contributed by atoms with Crippen LogP contribution in [0.5, 0.6) is 0 Å². The van der Waals surface area contributed by atoms with Gasteiger partial charge in [0.15, 0.2) is 9.84 Å². The van der Waals surface area contributed by atoms with Gasteiger partial charge in [-0.15, -0.1) is 0 Å². The molecule has 2 heterocycles. The van der Waals surface area contributed by atoms with Crippen LogP contribution in [0.4, 0.5) is 0 Å². The van der Waals surface area contributed by atoms with Crippen LogP contribution in [-0.4, -0.2) is 42.1 Å². The molecule has 7 heteroatoms. The highest BCUT2D eigenvalue weighted by molar-refractivity contribution is 7.91. The van der Waals surface area contributed by atoms with Gasteiger partial charge >= 0.3 is 0 Å². The fourth-order valence-electron chi connectivity index (χ4n) is 2.52. The van der Waals surface area contributed by atoms with Gasteiger partial charge in [-0.3, -0.25) is 4.79 Å². The third-order valence-corrected chi connectivity index (χ3v) is 5.58. The summed E-state index contributed by atoms with van der Waals surface area (Å²) in [4.78, 5) is 12.2. The van der Waals surface area contributed by atoms with Crippen LogP contribution < -0.4 is 5.32 Å². The van der Waals surface area contributed by atoms with Gasteiger partial charge in [0.25, 0.3) is 5.91 Å². The van der Waals surface area contributed by atoms with Crippen LogP contribution in [0.2, 0.25) is 0 Å². The molecule has 6 nitrogen and oxygen atoms in total.